The number of alkyl halides is 3. The average Bonchev–Trinajstić information content (AvgIpc) is 2.83. The summed E-state index contributed by atoms with van der Waals surface area (Å²) in [5, 5.41) is 10.2. The highest BCUT2D eigenvalue weighted by molar-refractivity contribution is 9.11. The van der Waals surface area contributed by atoms with Crippen molar-refractivity contribution in [3.8, 4) is 0 Å². The predicted octanol–water partition coefficient (Wildman–Crippen LogP) is 4.27. The van der Waals surface area contributed by atoms with Crippen molar-refractivity contribution in [2.24, 2.45) is 0 Å². The van der Waals surface area contributed by atoms with E-state index in [9.17, 15) is 5.11 Å². The summed E-state index contributed by atoms with van der Waals surface area (Å²) in [5.74, 6) is 0. The van der Waals surface area contributed by atoms with Crippen LogP contribution in [0.3, 0.4) is 0 Å². The SMILES string of the molecule is C[C@@H]1O[C@H](C=C=CBr)C[C@H](O)[C@H](Br)C[C@@H]2O[C@H](C[C@@H]2Br)[C@H]1Cl. The fraction of sp³-hybridized carbons (Fsp3) is 0.800. The van der Waals surface area contributed by atoms with Gasteiger partial charge in [0, 0.05) is 21.1 Å². The van der Waals surface area contributed by atoms with Gasteiger partial charge >= 0.3 is 0 Å². The monoisotopic (exact) mass is 520 g/mol. The Hall–Kier alpha value is 1.13. The van der Waals surface area contributed by atoms with Crippen molar-refractivity contribution in [3.05, 3.63) is 16.8 Å². The Kier molecular flexibility index (Phi) is 7.96. The highest BCUT2D eigenvalue weighted by atomic mass is 79.9. The molecule has 0 spiro atoms. The number of ether oxygens (including phenoxy) is 2. The minimum atomic E-state index is -0.528. The number of hydrogen-bond donors (Lipinski definition) is 1. The fourth-order valence-corrected chi connectivity index (χ4v) is 4.54. The third-order valence-corrected chi connectivity index (χ3v) is 6.95. The zero-order valence-electron chi connectivity index (χ0n) is 12.2. The molecule has 0 aromatic carbocycles. The summed E-state index contributed by atoms with van der Waals surface area (Å²) in [6.45, 7) is 1.95. The van der Waals surface area contributed by atoms with Crippen LogP contribution in [0.15, 0.2) is 16.8 Å². The quantitative estimate of drug-likeness (QED) is 0.412. The molecule has 2 bridgehead atoms. The summed E-state index contributed by atoms with van der Waals surface area (Å²) >= 11 is 17.0. The number of aliphatic hydroxyl groups excluding tert-OH is 1. The first kappa shape index (κ1) is 19.5. The molecule has 0 unspecified atom stereocenters. The van der Waals surface area contributed by atoms with Crippen LogP contribution >= 0.6 is 59.4 Å². The van der Waals surface area contributed by atoms with Gasteiger partial charge in [0.25, 0.3) is 0 Å². The topological polar surface area (TPSA) is 38.7 Å². The Labute approximate surface area is 161 Å². The summed E-state index contributed by atoms with van der Waals surface area (Å²) < 4.78 is 12.1. The van der Waals surface area contributed by atoms with Gasteiger partial charge in [-0.3, -0.25) is 0 Å². The third-order valence-electron chi connectivity index (χ3n) is 4.10. The van der Waals surface area contributed by atoms with E-state index in [2.05, 4.69) is 53.5 Å². The Balaban J connectivity index is 2.20. The maximum Gasteiger partial charge on any atom is 0.0858 e. The second-order valence-electron chi connectivity index (χ2n) is 5.79. The van der Waals surface area contributed by atoms with Crippen molar-refractivity contribution >= 4 is 59.4 Å². The Morgan fingerprint density at radius 1 is 1.14 bits per heavy atom. The van der Waals surface area contributed by atoms with E-state index < -0.39 is 6.10 Å². The number of rotatable bonds is 1. The van der Waals surface area contributed by atoms with Gasteiger partial charge in [0.2, 0.25) is 0 Å². The van der Waals surface area contributed by atoms with Gasteiger partial charge < -0.3 is 14.6 Å². The lowest BCUT2D eigenvalue weighted by atomic mass is 10.0. The van der Waals surface area contributed by atoms with Gasteiger partial charge in [-0.2, -0.15) is 0 Å². The first-order valence-corrected chi connectivity index (χ1v) is 10.5. The molecule has 8 atom stereocenters. The van der Waals surface area contributed by atoms with Gasteiger partial charge in [-0.1, -0.05) is 47.8 Å². The Morgan fingerprint density at radius 3 is 2.50 bits per heavy atom. The van der Waals surface area contributed by atoms with E-state index in [1.165, 1.54) is 0 Å². The van der Waals surface area contributed by atoms with E-state index in [-0.39, 0.29) is 39.4 Å². The van der Waals surface area contributed by atoms with E-state index in [0.717, 1.165) is 12.8 Å². The molecular formula is C15H20Br3ClO3. The van der Waals surface area contributed by atoms with Gasteiger partial charge in [-0.25, -0.2) is 0 Å². The number of hydrogen-bond acceptors (Lipinski definition) is 3. The standard InChI is InChI=1S/C15H20Br3ClO3/c1-8-15(19)14-7-11(18)13(22-14)6-10(17)12(20)5-9(21-8)3-2-4-16/h3-4,8-15,20H,5-7H2,1H3/t2?,8-,9+,10+,11-,12-,13-,14+,15-/m0/s1. The molecule has 2 aliphatic rings. The second-order valence-corrected chi connectivity index (χ2v) is 9.10. The number of fused-ring (bicyclic) bond motifs is 2. The summed E-state index contributed by atoms with van der Waals surface area (Å²) in [5.41, 5.74) is 2.96. The first-order chi connectivity index (χ1) is 10.4. The predicted molar refractivity (Wildman–Crippen MR) is 99.5 cm³/mol. The van der Waals surface area contributed by atoms with Crippen molar-refractivity contribution in [3.63, 3.8) is 0 Å². The molecule has 3 nitrogen and oxygen atoms in total. The molecule has 2 rings (SSSR count). The highest BCUT2D eigenvalue weighted by Gasteiger charge is 2.42. The average molecular weight is 523 g/mol. The van der Waals surface area contributed by atoms with Crippen LogP contribution in [0.4, 0.5) is 0 Å². The highest BCUT2D eigenvalue weighted by Crippen LogP contribution is 2.37. The molecule has 0 radical (unpaired) electrons. The van der Waals surface area contributed by atoms with Crippen LogP contribution in [0.5, 0.6) is 0 Å². The molecule has 0 aromatic rings. The molecule has 22 heavy (non-hydrogen) atoms. The van der Waals surface area contributed by atoms with Gasteiger partial charge in [0.05, 0.1) is 35.9 Å². The molecule has 0 saturated carbocycles. The maximum absolute atomic E-state index is 10.4. The van der Waals surface area contributed by atoms with Gasteiger partial charge in [0.15, 0.2) is 0 Å². The summed E-state index contributed by atoms with van der Waals surface area (Å²) in [7, 11) is 0. The summed E-state index contributed by atoms with van der Waals surface area (Å²) in [6, 6.07) is 0. The van der Waals surface area contributed by atoms with Crippen molar-refractivity contribution in [2.75, 3.05) is 0 Å². The summed E-state index contributed by atoms with van der Waals surface area (Å²) in [6.07, 6.45) is 2.94. The number of halogens is 4. The normalized spacial score (nSPS) is 46.5. The molecule has 0 aliphatic carbocycles. The molecule has 2 saturated heterocycles. The Bertz CT molecular complexity index is 430. The van der Waals surface area contributed by atoms with Gasteiger partial charge in [0.1, 0.15) is 0 Å². The second kappa shape index (κ2) is 9.00. The third kappa shape index (κ3) is 5.06. The van der Waals surface area contributed by atoms with Crippen LogP contribution in [0.1, 0.15) is 26.2 Å². The molecule has 0 aromatic heterocycles. The van der Waals surface area contributed by atoms with Crippen LogP contribution in [0.25, 0.3) is 0 Å². The van der Waals surface area contributed by atoms with E-state index in [1.807, 2.05) is 13.0 Å². The molecular weight excluding hydrogens is 503 g/mol. The first-order valence-electron chi connectivity index (χ1n) is 7.34. The van der Waals surface area contributed by atoms with E-state index in [0.29, 0.717) is 6.42 Å². The minimum Gasteiger partial charge on any atom is -0.392 e. The summed E-state index contributed by atoms with van der Waals surface area (Å²) in [4.78, 5) is 1.85. The lowest BCUT2D eigenvalue weighted by Crippen LogP contribution is -2.36. The van der Waals surface area contributed by atoms with Crippen LogP contribution in [0.2, 0.25) is 0 Å². The maximum atomic E-state index is 10.4. The lowest BCUT2D eigenvalue weighted by Gasteiger charge is -2.27. The van der Waals surface area contributed by atoms with Crippen LogP contribution in [0, 0.1) is 0 Å². The molecule has 126 valence electrons. The van der Waals surface area contributed by atoms with E-state index >= 15 is 0 Å². The largest absolute Gasteiger partial charge is 0.392 e. The van der Waals surface area contributed by atoms with E-state index in [4.69, 9.17) is 21.1 Å². The molecule has 7 heteroatoms. The Morgan fingerprint density at radius 2 is 1.82 bits per heavy atom. The zero-order chi connectivity index (χ0) is 16.3. The van der Waals surface area contributed by atoms with Gasteiger partial charge in [-0.05, 0) is 25.8 Å². The number of aliphatic hydroxyl groups is 1. The van der Waals surface area contributed by atoms with E-state index in [1.54, 1.807) is 4.99 Å². The molecule has 2 aliphatic heterocycles. The molecule has 0 amide bonds. The van der Waals surface area contributed by atoms with Crippen molar-refractivity contribution in [1.29, 1.82) is 0 Å². The van der Waals surface area contributed by atoms with Crippen molar-refractivity contribution in [2.45, 2.75) is 71.7 Å². The zero-order valence-corrected chi connectivity index (χ0v) is 17.7. The van der Waals surface area contributed by atoms with Crippen LogP contribution in [-0.2, 0) is 9.47 Å². The van der Waals surface area contributed by atoms with Crippen LogP contribution in [-0.4, -0.2) is 50.7 Å². The smallest absolute Gasteiger partial charge is 0.0858 e. The van der Waals surface area contributed by atoms with Crippen molar-refractivity contribution < 1.29 is 14.6 Å². The fourth-order valence-electron chi connectivity index (χ4n) is 2.87. The molecule has 2 heterocycles. The minimum absolute atomic E-state index is 0.0441. The van der Waals surface area contributed by atoms with Crippen molar-refractivity contribution in [1.82, 2.24) is 0 Å². The lowest BCUT2D eigenvalue weighted by molar-refractivity contribution is -0.0269. The molecule has 2 fully saturated rings. The molecule has 1 N–H and O–H groups in total. The van der Waals surface area contributed by atoms with Gasteiger partial charge in [-0.15, -0.1) is 17.3 Å². The van der Waals surface area contributed by atoms with Crippen LogP contribution < -0.4 is 0 Å².